The Morgan fingerprint density at radius 1 is 1.30 bits per heavy atom. The third kappa shape index (κ3) is 3.58. The van der Waals surface area contributed by atoms with E-state index in [1.165, 1.54) is 0 Å². The van der Waals surface area contributed by atoms with E-state index in [0.717, 1.165) is 32.1 Å². The van der Waals surface area contributed by atoms with E-state index in [4.69, 9.17) is 27.9 Å². The van der Waals surface area contributed by atoms with Crippen LogP contribution in [0.5, 0.6) is 5.75 Å². The minimum atomic E-state index is -0.242. The minimum absolute atomic E-state index is 0.197. The van der Waals surface area contributed by atoms with Crippen molar-refractivity contribution in [2.75, 3.05) is 6.61 Å². The first-order valence-corrected chi connectivity index (χ1v) is 8.64. The monoisotopic (exact) mass is 358 g/mol. The molecule has 7 heteroatoms. The zero-order valence-electron chi connectivity index (χ0n) is 12.7. The molecule has 1 saturated carbocycles. The molecule has 1 aliphatic carbocycles. The van der Waals surface area contributed by atoms with Crippen LogP contribution in [0.25, 0.3) is 11.0 Å². The van der Waals surface area contributed by atoms with Crippen molar-refractivity contribution in [2.24, 2.45) is 5.92 Å². The topological polar surface area (TPSA) is 78.4 Å². The molecule has 0 saturated heterocycles. The summed E-state index contributed by atoms with van der Waals surface area (Å²) in [5.41, 5.74) is 1.24. The number of rotatable bonds is 5. The number of hydrogen-bond acceptors (Lipinski definition) is 4. The highest BCUT2D eigenvalue weighted by molar-refractivity contribution is 6.44. The van der Waals surface area contributed by atoms with Crippen molar-refractivity contribution in [1.82, 2.24) is 9.97 Å². The van der Waals surface area contributed by atoms with Crippen LogP contribution in [0, 0.1) is 5.92 Å². The third-order valence-electron chi connectivity index (χ3n) is 4.43. The van der Waals surface area contributed by atoms with Crippen LogP contribution in [-0.4, -0.2) is 32.9 Å². The Hall–Kier alpha value is -1.01. The molecule has 0 aliphatic heterocycles. The number of ether oxygens (including phenoxy) is 1. The number of fused-ring (bicyclic) bond motifs is 1. The van der Waals surface area contributed by atoms with Crippen LogP contribution in [0.3, 0.4) is 0 Å². The van der Waals surface area contributed by atoms with E-state index in [9.17, 15) is 10.2 Å². The summed E-state index contributed by atoms with van der Waals surface area (Å²) >= 11 is 12.4. The van der Waals surface area contributed by atoms with E-state index < -0.39 is 0 Å². The third-order valence-corrected chi connectivity index (χ3v) is 5.20. The second kappa shape index (κ2) is 7.26. The van der Waals surface area contributed by atoms with E-state index in [0.29, 0.717) is 39.3 Å². The van der Waals surface area contributed by atoms with Gasteiger partial charge in [0.2, 0.25) is 0 Å². The number of nitrogens with one attached hydrogen (secondary N) is 1. The van der Waals surface area contributed by atoms with Crippen molar-refractivity contribution in [3.63, 3.8) is 0 Å². The Balaban J connectivity index is 1.76. The standard InChI is InChI=1S/C16H20Cl2N2O3/c17-10-7-11-15(20-13(8-21)19-11)16(14(10)18)23-6-5-9-3-1-2-4-12(9)22/h7,9,12,21-22H,1-6,8H2,(H,19,20)/t9-,12-/m1/s1. The summed E-state index contributed by atoms with van der Waals surface area (Å²) in [4.78, 5) is 7.27. The predicted molar refractivity (Wildman–Crippen MR) is 90.1 cm³/mol. The van der Waals surface area contributed by atoms with Crippen molar-refractivity contribution in [2.45, 2.75) is 44.8 Å². The summed E-state index contributed by atoms with van der Waals surface area (Å²) in [5, 5.41) is 19.9. The molecule has 1 aromatic heterocycles. The number of aliphatic hydroxyl groups is 2. The molecule has 0 bridgehead atoms. The van der Waals surface area contributed by atoms with Gasteiger partial charge in [-0.25, -0.2) is 4.98 Å². The zero-order valence-corrected chi connectivity index (χ0v) is 14.2. The lowest BCUT2D eigenvalue weighted by Gasteiger charge is -2.27. The molecule has 3 rings (SSSR count). The molecule has 1 heterocycles. The van der Waals surface area contributed by atoms with Crippen molar-refractivity contribution < 1.29 is 14.9 Å². The zero-order chi connectivity index (χ0) is 16.4. The van der Waals surface area contributed by atoms with Crippen molar-refractivity contribution in [1.29, 1.82) is 0 Å². The number of aliphatic hydroxyl groups excluding tert-OH is 2. The number of imidazole rings is 1. The quantitative estimate of drug-likeness (QED) is 0.761. The first-order chi connectivity index (χ1) is 11.1. The highest BCUT2D eigenvalue weighted by Crippen LogP contribution is 2.38. The number of aromatic amines is 1. The van der Waals surface area contributed by atoms with Gasteiger partial charge in [-0.15, -0.1) is 0 Å². The molecule has 0 amide bonds. The fourth-order valence-electron chi connectivity index (χ4n) is 3.16. The second-order valence-electron chi connectivity index (χ2n) is 5.99. The van der Waals surface area contributed by atoms with Crippen molar-refractivity contribution >= 4 is 34.2 Å². The van der Waals surface area contributed by atoms with E-state index >= 15 is 0 Å². The average molecular weight is 359 g/mol. The van der Waals surface area contributed by atoms with Gasteiger partial charge < -0.3 is 19.9 Å². The molecule has 2 aromatic rings. The number of aromatic nitrogens is 2. The van der Waals surface area contributed by atoms with Crippen LogP contribution >= 0.6 is 23.2 Å². The van der Waals surface area contributed by atoms with Gasteiger partial charge in [0.15, 0.2) is 5.75 Å². The number of nitrogens with zero attached hydrogens (tertiary/aromatic N) is 1. The number of halogens is 2. The molecule has 2 atom stereocenters. The largest absolute Gasteiger partial charge is 0.490 e. The van der Waals surface area contributed by atoms with Gasteiger partial charge in [-0.1, -0.05) is 36.0 Å². The maximum atomic E-state index is 10.0. The van der Waals surface area contributed by atoms with Crippen LogP contribution < -0.4 is 4.74 Å². The lowest BCUT2D eigenvalue weighted by atomic mass is 9.85. The maximum Gasteiger partial charge on any atom is 0.167 e. The van der Waals surface area contributed by atoms with E-state index in [2.05, 4.69) is 9.97 Å². The van der Waals surface area contributed by atoms with E-state index in [1.54, 1.807) is 6.07 Å². The Morgan fingerprint density at radius 2 is 2.09 bits per heavy atom. The molecule has 0 spiro atoms. The molecule has 23 heavy (non-hydrogen) atoms. The van der Waals surface area contributed by atoms with Gasteiger partial charge in [0.25, 0.3) is 0 Å². The van der Waals surface area contributed by atoms with Crippen LogP contribution in [0.1, 0.15) is 37.9 Å². The summed E-state index contributed by atoms with van der Waals surface area (Å²) < 4.78 is 5.85. The molecule has 1 aromatic carbocycles. The summed E-state index contributed by atoms with van der Waals surface area (Å²) in [6.07, 6.45) is 4.67. The normalized spacial score (nSPS) is 21.7. The predicted octanol–water partition coefficient (Wildman–Crippen LogP) is 3.68. The van der Waals surface area contributed by atoms with Gasteiger partial charge in [-0.3, -0.25) is 0 Å². The Kier molecular flexibility index (Phi) is 5.31. The van der Waals surface area contributed by atoms with Crippen LogP contribution in [0.2, 0.25) is 10.0 Å². The Labute approximate surface area is 144 Å². The second-order valence-corrected chi connectivity index (χ2v) is 6.77. The molecule has 126 valence electrons. The fraction of sp³-hybridized carbons (Fsp3) is 0.562. The summed E-state index contributed by atoms with van der Waals surface area (Å²) in [6, 6.07) is 1.67. The smallest absolute Gasteiger partial charge is 0.167 e. The molecular weight excluding hydrogens is 339 g/mol. The van der Waals surface area contributed by atoms with Crippen LogP contribution in [0.4, 0.5) is 0 Å². The molecule has 0 unspecified atom stereocenters. The lowest BCUT2D eigenvalue weighted by molar-refractivity contribution is 0.0574. The summed E-state index contributed by atoms with van der Waals surface area (Å²) in [5.74, 6) is 1.13. The van der Waals surface area contributed by atoms with Crippen molar-refractivity contribution in [3.8, 4) is 5.75 Å². The lowest BCUT2D eigenvalue weighted by Crippen LogP contribution is -2.26. The molecule has 0 radical (unpaired) electrons. The van der Waals surface area contributed by atoms with Gasteiger partial charge >= 0.3 is 0 Å². The molecule has 3 N–H and O–H groups in total. The average Bonchev–Trinajstić information content (AvgIpc) is 2.95. The van der Waals surface area contributed by atoms with Crippen LogP contribution in [-0.2, 0) is 6.61 Å². The SMILES string of the molecule is OCc1nc2c(OCC[C@H]3CCCC[C@H]3O)c(Cl)c(Cl)cc2[nH]1. The van der Waals surface area contributed by atoms with E-state index in [-0.39, 0.29) is 18.6 Å². The Morgan fingerprint density at radius 3 is 2.83 bits per heavy atom. The maximum absolute atomic E-state index is 10.0. The van der Waals surface area contributed by atoms with Gasteiger partial charge in [0.05, 0.1) is 23.3 Å². The van der Waals surface area contributed by atoms with Crippen molar-refractivity contribution in [3.05, 3.63) is 21.9 Å². The van der Waals surface area contributed by atoms with E-state index in [1.807, 2.05) is 0 Å². The van der Waals surface area contributed by atoms with Gasteiger partial charge in [0.1, 0.15) is 23.0 Å². The fourth-order valence-corrected chi connectivity index (χ4v) is 3.56. The number of hydrogen-bond donors (Lipinski definition) is 3. The van der Waals surface area contributed by atoms with Crippen LogP contribution in [0.15, 0.2) is 6.07 Å². The van der Waals surface area contributed by atoms with Gasteiger partial charge in [-0.05, 0) is 31.2 Å². The number of H-pyrrole nitrogens is 1. The minimum Gasteiger partial charge on any atom is -0.490 e. The summed E-state index contributed by atoms with van der Waals surface area (Å²) in [6.45, 7) is 0.246. The highest BCUT2D eigenvalue weighted by atomic mass is 35.5. The molecule has 1 fully saturated rings. The van der Waals surface area contributed by atoms with Gasteiger partial charge in [-0.2, -0.15) is 0 Å². The molecular formula is C16H20Cl2N2O3. The first kappa shape index (κ1) is 16.8. The molecule has 1 aliphatic rings. The Bertz CT molecular complexity index is 690. The number of benzene rings is 1. The first-order valence-electron chi connectivity index (χ1n) is 7.88. The summed E-state index contributed by atoms with van der Waals surface area (Å²) in [7, 11) is 0. The highest BCUT2D eigenvalue weighted by Gasteiger charge is 2.23. The van der Waals surface area contributed by atoms with Gasteiger partial charge in [0, 0.05) is 0 Å². The molecule has 5 nitrogen and oxygen atoms in total.